The van der Waals surface area contributed by atoms with Crippen LogP contribution in [-0.2, 0) is 5.41 Å². The molecule has 0 aliphatic heterocycles. The lowest BCUT2D eigenvalue weighted by atomic mass is 9.82. The Labute approximate surface area is 342 Å². The zero-order chi connectivity index (χ0) is 39.8. The van der Waals surface area contributed by atoms with Gasteiger partial charge in [0.25, 0.3) is 0 Å². The van der Waals surface area contributed by atoms with Crippen LogP contribution in [0.3, 0.4) is 0 Å². The largest absolute Gasteiger partial charge is 0.310 e. The first kappa shape index (κ1) is 36.7. The van der Waals surface area contributed by atoms with Crippen LogP contribution < -0.4 is 9.80 Å². The second-order valence-electron chi connectivity index (χ2n) is 15.9. The van der Waals surface area contributed by atoms with Crippen LogP contribution in [0.15, 0.2) is 200 Å². The molecule has 0 saturated heterocycles. The van der Waals surface area contributed by atoms with Gasteiger partial charge in [0.2, 0.25) is 0 Å². The Bertz CT molecular complexity index is 2890. The Kier molecular flexibility index (Phi) is 9.63. The molecule has 0 unspecified atom stereocenters. The fraction of sp³-hybridized carbons (Fsp3) is 0.107. The van der Waals surface area contributed by atoms with Crippen LogP contribution in [0.5, 0.6) is 0 Å². The van der Waals surface area contributed by atoms with Crippen LogP contribution in [0.2, 0.25) is 0 Å². The maximum Gasteiger partial charge on any atom is 0.0546 e. The number of para-hydroxylation sites is 4. The van der Waals surface area contributed by atoms with Crippen molar-refractivity contribution in [3.63, 3.8) is 0 Å². The SMILES string of the molecule is CC.CC(C)(C)c1cc2ccc3c(-c4ccc5cc(N(c6ccccc6)c6ccccc6)ccc5c4)cc(N(c4ccccc4)c4ccccc4)c4ccc(c1)c2c34. The minimum atomic E-state index is 0.0440. The van der Waals surface area contributed by atoms with E-state index < -0.39 is 0 Å². The predicted octanol–water partition coefficient (Wildman–Crippen LogP) is 16.7. The molecular formula is C56H48N2. The summed E-state index contributed by atoms with van der Waals surface area (Å²) in [6, 6.07) is 73.2. The van der Waals surface area contributed by atoms with Gasteiger partial charge in [-0.2, -0.15) is 0 Å². The van der Waals surface area contributed by atoms with Gasteiger partial charge >= 0.3 is 0 Å². The van der Waals surface area contributed by atoms with Crippen molar-refractivity contribution in [2.75, 3.05) is 9.80 Å². The summed E-state index contributed by atoms with van der Waals surface area (Å²) in [5, 5.41) is 10.1. The van der Waals surface area contributed by atoms with Crippen molar-refractivity contribution in [2.24, 2.45) is 0 Å². The molecule has 0 aliphatic carbocycles. The summed E-state index contributed by atoms with van der Waals surface area (Å²) in [6.07, 6.45) is 0. The normalized spacial score (nSPS) is 11.5. The monoisotopic (exact) mass is 748 g/mol. The summed E-state index contributed by atoms with van der Waals surface area (Å²) in [5.41, 5.74) is 10.6. The molecule has 0 fully saturated rings. The average molecular weight is 749 g/mol. The first-order valence-corrected chi connectivity index (χ1v) is 20.5. The molecule has 2 heteroatoms. The molecular weight excluding hydrogens is 701 g/mol. The standard InChI is InChI=1S/C54H42N2.C2H6/c1-54(2,3)42-33-40-27-30-48-50(39-25-24-38-35-47(29-26-37(38)32-39)55(43-16-8-4-9-17-43)44-18-10-5-11-19-44)36-51(49-31-28-41(34-42)52(40)53(48)49)56(45-20-12-6-13-21-45)46-22-14-7-15-23-46;1-2/h4-36H,1-3H3;1-2H3. The molecule has 0 aliphatic rings. The van der Waals surface area contributed by atoms with Crippen molar-refractivity contribution in [1.82, 2.24) is 0 Å². The van der Waals surface area contributed by atoms with Crippen molar-refractivity contribution in [3.8, 4) is 11.1 Å². The third kappa shape index (κ3) is 6.61. The minimum Gasteiger partial charge on any atom is -0.310 e. The van der Waals surface area contributed by atoms with E-state index in [4.69, 9.17) is 0 Å². The Morgan fingerprint density at radius 2 is 0.793 bits per heavy atom. The summed E-state index contributed by atoms with van der Waals surface area (Å²) in [7, 11) is 0. The number of nitrogens with zero attached hydrogens (tertiary/aromatic N) is 2. The average Bonchev–Trinajstić information content (AvgIpc) is 3.27. The first-order valence-electron chi connectivity index (χ1n) is 20.5. The fourth-order valence-electron chi connectivity index (χ4n) is 8.48. The van der Waals surface area contributed by atoms with Crippen molar-refractivity contribution >= 4 is 77.2 Å². The van der Waals surface area contributed by atoms with Gasteiger partial charge in [-0.1, -0.05) is 162 Å². The van der Waals surface area contributed by atoms with Crippen LogP contribution in [0.25, 0.3) is 54.2 Å². The molecule has 0 atom stereocenters. The van der Waals surface area contributed by atoms with Gasteiger partial charge in [0.05, 0.1) is 5.69 Å². The van der Waals surface area contributed by atoms with Crippen molar-refractivity contribution in [3.05, 3.63) is 206 Å². The van der Waals surface area contributed by atoms with Crippen LogP contribution >= 0.6 is 0 Å². The van der Waals surface area contributed by atoms with E-state index in [0.717, 1.165) is 34.1 Å². The van der Waals surface area contributed by atoms with Gasteiger partial charge in [-0.25, -0.2) is 0 Å². The topological polar surface area (TPSA) is 6.48 Å². The molecule has 10 aromatic rings. The summed E-state index contributed by atoms with van der Waals surface area (Å²) in [6.45, 7) is 10.9. The zero-order valence-electron chi connectivity index (χ0n) is 33.9. The van der Waals surface area contributed by atoms with E-state index in [1.165, 1.54) is 59.8 Å². The van der Waals surface area contributed by atoms with E-state index in [1.54, 1.807) is 0 Å². The van der Waals surface area contributed by atoms with E-state index in [-0.39, 0.29) is 5.41 Å². The number of anilines is 6. The van der Waals surface area contributed by atoms with Gasteiger partial charge in [0.15, 0.2) is 0 Å². The van der Waals surface area contributed by atoms with E-state index in [2.05, 4.69) is 231 Å². The van der Waals surface area contributed by atoms with E-state index in [1.807, 2.05) is 13.8 Å². The molecule has 10 rings (SSSR count). The highest BCUT2D eigenvalue weighted by Crippen LogP contribution is 2.48. The third-order valence-corrected chi connectivity index (χ3v) is 11.3. The van der Waals surface area contributed by atoms with Gasteiger partial charge in [-0.05, 0) is 127 Å². The van der Waals surface area contributed by atoms with Crippen molar-refractivity contribution in [2.45, 2.75) is 40.0 Å². The van der Waals surface area contributed by atoms with Gasteiger partial charge in [0.1, 0.15) is 0 Å². The lowest BCUT2D eigenvalue weighted by Gasteiger charge is -2.29. The predicted molar refractivity (Wildman–Crippen MR) is 253 cm³/mol. The van der Waals surface area contributed by atoms with Gasteiger partial charge < -0.3 is 9.80 Å². The highest BCUT2D eigenvalue weighted by atomic mass is 15.1. The number of fused-ring (bicyclic) bond motifs is 1. The van der Waals surface area contributed by atoms with Crippen LogP contribution in [-0.4, -0.2) is 0 Å². The highest BCUT2D eigenvalue weighted by Gasteiger charge is 2.23. The molecule has 0 bridgehead atoms. The Morgan fingerprint density at radius 3 is 1.31 bits per heavy atom. The van der Waals surface area contributed by atoms with Gasteiger partial charge in [-0.3, -0.25) is 0 Å². The Morgan fingerprint density at radius 1 is 0.345 bits per heavy atom. The summed E-state index contributed by atoms with van der Waals surface area (Å²) >= 11 is 0. The number of benzene rings is 10. The summed E-state index contributed by atoms with van der Waals surface area (Å²) in [4.78, 5) is 4.75. The maximum absolute atomic E-state index is 2.42. The van der Waals surface area contributed by atoms with Crippen LogP contribution in [0.4, 0.5) is 34.1 Å². The van der Waals surface area contributed by atoms with Crippen molar-refractivity contribution < 1.29 is 0 Å². The van der Waals surface area contributed by atoms with E-state index >= 15 is 0 Å². The quantitative estimate of drug-likeness (QED) is 0.150. The summed E-state index contributed by atoms with van der Waals surface area (Å²) < 4.78 is 0. The molecule has 282 valence electrons. The molecule has 0 heterocycles. The molecule has 10 aromatic carbocycles. The molecule has 0 N–H and O–H groups in total. The van der Waals surface area contributed by atoms with Crippen LogP contribution in [0.1, 0.15) is 40.2 Å². The first-order chi connectivity index (χ1) is 28.4. The third-order valence-electron chi connectivity index (χ3n) is 11.3. The number of rotatable bonds is 7. The Balaban J connectivity index is 0.00000215. The van der Waals surface area contributed by atoms with E-state index in [0.29, 0.717) is 0 Å². The molecule has 0 aromatic heterocycles. The number of hydrogen-bond acceptors (Lipinski definition) is 2. The van der Waals surface area contributed by atoms with Crippen molar-refractivity contribution in [1.29, 1.82) is 0 Å². The van der Waals surface area contributed by atoms with E-state index in [9.17, 15) is 0 Å². The Hall–Kier alpha value is -6.90. The highest BCUT2D eigenvalue weighted by molar-refractivity contribution is 6.28. The minimum absolute atomic E-state index is 0.0440. The fourth-order valence-corrected chi connectivity index (χ4v) is 8.48. The van der Waals surface area contributed by atoms with Gasteiger partial charge in [0, 0.05) is 39.2 Å². The molecule has 58 heavy (non-hydrogen) atoms. The lowest BCUT2D eigenvalue weighted by molar-refractivity contribution is 0.591. The van der Waals surface area contributed by atoms with Gasteiger partial charge in [-0.15, -0.1) is 0 Å². The second kappa shape index (κ2) is 15.2. The molecule has 0 radical (unpaired) electrons. The molecule has 0 saturated carbocycles. The molecule has 0 spiro atoms. The molecule has 0 amide bonds. The lowest BCUT2D eigenvalue weighted by Crippen LogP contribution is -2.11. The zero-order valence-corrected chi connectivity index (χ0v) is 33.9. The maximum atomic E-state index is 2.42. The number of hydrogen-bond donors (Lipinski definition) is 0. The smallest absolute Gasteiger partial charge is 0.0546 e. The molecule has 2 nitrogen and oxygen atoms in total. The summed E-state index contributed by atoms with van der Waals surface area (Å²) in [5.74, 6) is 0. The second-order valence-corrected chi connectivity index (χ2v) is 15.9. The van der Waals surface area contributed by atoms with Crippen LogP contribution in [0, 0.1) is 0 Å².